The maximum absolute atomic E-state index is 5.87. The van der Waals surface area contributed by atoms with Gasteiger partial charge < -0.3 is 20.1 Å². The van der Waals surface area contributed by atoms with E-state index in [1.165, 1.54) is 0 Å². The van der Waals surface area contributed by atoms with Crippen LogP contribution in [0.25, 0.3) is 0 Å². The zero-order valence-corrected chi connectivity index (χ0v) is 11.6. The van der Waals surface area contributed by atoms with Crippen LogP contribution in [0.3, 0.4) is 0 Å². The van der Waals surface area contributed by atoms with Gasteiger partial charge in [-0.3, -0.25) is 0 Å². The molecule has 18 heavy (non-hydrogen) atoms. The monoisotopic (exact) mass is 252 g/mol. The van der Waals surface area contributed by atoms with Crippen molar-refractivity contribution < 1.29 is 9.47 Å². The molecule has 0 amide bonds. The van der Waals surface area contributed by atoms with E-state index in [-0.39, 0.29) is 0 Å². The molecular formula is C14H24N2O2. The number of nitrogens with two attached hydrogens (primary N) is 1. The summed E-state index contributed by atoms with van der Waals surface area (Å²) >= 11 is 0. The van der Waals surface area contributed by atoms with Crippen molar-refractivity contribution in [1.82, 2.24) is 0 Å². The number of likely N-dealkylation sites (N-methyl/N-ethyl adjacent to an activating group) is 1. The molecule has 1 aromatic carbocycles. The summed E-state index contributed by atoms with van der Waals surface area (Å²) in [6, 6.07) is 5.91. The molecule has 0 aliphatic rings. The first kappa shape index (κ1) is 14.6. The lowest BCUT2D eigenvalue weighted by molar-refractivity contribution is 0.154. The summed E-state index contributed by atoms with van der Waals surface area (Å²) in [5.74, 6) is 0.754. The number of hydrogen-bond acceptors (Lipinski definition) is 4. The van der Waals surface area contributed by atoms with Crippen LogP contribution < -0.4 is 15.4 Å². The van der Waals surface area contributed by atoms with E-state index in [4.69, 9.17) is 15.2 Å². The van der Waals surface area contributed by atoms with Gasteiger partial charge in [-0.2, -0.15) is 0 Å². The molecule has 0 aromatic heterocycles. The Kier molecular flexibility index (Phi) is 6.36. The van der Waals surface area contributed by atoms with Gasteiger partial charge in [-0.25, -0.2) is 0 Å². The maximum Gasteiger partial charge on any atom is 0.144 e. The quantitative estimate of drug-likeness (QED) is 0.570. The van der Waals surface area contributed by atoms with Crippen LogP contribution in [0.4, 0.5) is 11.4 Å². The van der Waals surface area contributed by atoms with Gasteiger partial charge in [-0.15, -0.1) is 0 Å². The SMILES string of the molecule is CCOCCN(CC)c1ccc(N)c(OCC)c1. The molecule has 4 nitrogen and oxygen atoms in total. The molecule has 0 aliphatic heterocycles. The Morgan fingerprint density at radius 3 is 2.56 bits per heavy atom. The lowest BCUT2D eigenvalue weighted by Crippen LogP contribution is -2.27. The molecule has 0 aliphatic carbocycles. The minimum absolute atomic E-state index is 0.624. The lowest BCUT2D eigenvalue weighted by Gasteiger charge is -2.24. The lowest BCUT2D eigenvalue weighted by atomic mass is 10.2. The third-order valence-corrected chi connectivity index (χ3v) is 2.75. The predicted octanol–water partition coefficient (Wildman–Crippen LogP) is 2.53. The highest BCUT2D eigenvalue weighted by atomic mass is 16.5. The highest BCUT2D eigenvalue weighted by molar-refractivity contribution is 5.62. The van der Waals surface area contributed by atoms with Crippen molar-refractivity contribution in [1.29, 1.82) is 0 Å². The molecule has 4 heteroatoms. The average molecular weight is 252 g/mol. The van der Waals surface area contributed by atoms with E-state index in [2.05, 4.69) is 11.8 Å². The van der Waals surface area contributed by atoms with Crippen LogP contribution in [-0.4, -0.2) is 32.9 Å². The van der Waals surface area contributed by atoms with Crippen molar-refractivity contribution in [2.75, 3.05) is 43.5 Å². The normalized spacial score (nSPS) is 10.4. The Morgan fingerprint density at radius 2 is 1.94 bits per heavy atom. The van der Waals surface area contributed by atoms with Crippen molar-refractivity contribution >= 4 is 11.4 Å². The first-order chi connectivity index (χ1) is 8.72. The average Bonchev–Trinajstić information content (AvgIpc) is 2.38. The zero-order valence-electron chi connectivity index (χ0n) is 11.6. The van der Waals surface area contributed by atoms with Gasteiger partial charge in [0.25, 0.3) is 0 Å². The van der Waals surface area contributed by atoms with Crippen LogP contribution in [0, 0.1) is 0 Å². The van der Waals surface area contributed by atoms with Gasteiger partial charge >= 0.3 is 0 Å². The van der Waals surface area contributed by atoms with E-state index in [0.29, 0.717) is 12.3 Å². The fraction of sp³-hybridized carbons (Fsp3) is 0.571. The number of rotatable bonds is 8. The first-order valence-electron chi connectivity index (χ1n) is 6.57. The van der Waals surface area contributed by atoms with Crippen LogP contribution in [-0.2, 0) is 4.74 Å². The molecule has 1 rings (SSSR count). The van der Waals surface area contributed by atoms with Gasteiger partial charge in [0.2, 0.25) is 0 Å². The van der Waals surface area contributed by atoms with Crippen molar-refractivity contribution in [2.45, 2.75) is 20.8 Å². The Morgan fingerprint density at radius 1 is 1.17 bits per heavy atom. The Bertz CT molecular complexity index is 356. The van der Waals surface area contributed by atoms with E-state index in [1.54, 1.807) is 0 Å². The van der Waals surface area contributed by atoms with Crippen molar-refractivity contribution in [3.63, 3.8) is 0 Å². The Balaban J connectivity index is 2.75. The standard InChI is InChI=1S/C14H24N2O2/c1-4-16(9-10-17-5-2)12-7-8-13(15)14(11-12)18-6-3/h7-8,11H,4-6,9-10,15H2,1-3H3. The third kappa shape index (κ3) is 4.11. The maximum atomic E-state index is 5.87. The number of benzene rings is 1. The number of nitrogens with zero attached hydrogens (tertiary/aromatic N) is 1. The number of nitrogen functional groups attached to an aromatic ring is 1. The van der Waals surface area contributed by atoms with Gasteiger partial charge in [-0.05, 0) is 32.9 Å². The van der Waals surface area contributed by atoms with E-state index < -0.39 is 0 Å². The fourth-order valence-electron chi connectivity index (χ4n) is 1.79. The largest absolute Gasteiger partial charge is 0.492 e. The molecule has 1 aromatic rings. The molecule has 0 bridgehead atoms. The van der Waals surface area contributed by atoms with E-state index in [1.807, 2.05) is 32.0 Å². The molecule has 102 valence electrons. The van der Waals surface area contributed by atoms with Crippen LogP contribution in [0.2, 0.25) is 0 Å². The Labute approximate surface area is 110 Å². The fourth-order valence-corrected chi connectivity index (χ4v) is 1.79. The summed E-state index contributed by atoms with van der Waals surface area (Å²) < 4.78 is 10.9. The molecule has 0 spiro atoms. The predicted molar refractivity (Wildman–Crippen MR) is 76.4 cm³/mol. The number of anilines is 2. The van der Waals surface area contributed by atoms with E-state index in [9.17, 15) is 0 Å². The molecule has 0 saturated heterocycles. The summed E-state index contributed by atoms with van der Waals surface area (Å²) in [5, 5.41) is 0. The van der Waals surface area contributed by atoms with Crippen molar-refractivity contribution in [3.8, 4) is 5.75 Å². The molecule has 0 radical (unpaired) electrons. The third-order valence-electron chi connectivity index (χ3n) is 2.75. The van der Waals surface area contributed by atoms with Crippen LogP contribution in [0.15, 0.2) is 18.2 Å². The van der Waals surface area contributed by atoms with E-state index in [0.717, 1.165) is 37.7 Å². The molecule has 0 unspecified atom stereocenters. The smallest absolute Gasteiger partial charge is 0.144 e. The summed E-state index contributed by atoms with van der Waals surface area (Å²) in [6.07, 6.45) is 0. The molecule has 0 saturated carbocycles. The highest BCUT2D eigenvalue weighted by Gasteiger charge is 2.07. The molecular weight excluding hydrogens is 228 g/mol. The summed E-state index contributed by atoms with van der Waals surface area (Å²) in [7, 11) is 0. The molecule has 0 fully saturated rings. The summed E-state index contributed by atoms with van der Waals surface area (Å²) in [4.78, 5) is 2.25. The van der Waals surface area contributed by atoms with Gasteiger partial charge in [0.15, 0.2) is 0 Å². The second kappa shape index (κ2) is 7.82. The second-order valence-electron chi connectivity index (χ2n) is 3.93. The van der Waals surface area contributed by atoms with Gasteiger partial charge in [-0.1, -0.05) is 0 Å². The van der Waals surface area contributed by atoms with Gasteiger partial charge in [0.1, 0.15) is 5.75 Å². The minimum atomic E-state index is 0.624. The number of hydrogen-bond donors (Lipinski definition) is 1. The van der Waals surface area contributed by atoms with Crippen LogP contribution in [0.5, 0.6) is 5.75 Å². The van der Waals surface area contributed by atoms with E-state index >= 15 is 0 Å². The van der Waals surface area contributed by atoms with Gasteiger partial charge in [0.05, 0.1) is 18.9 Å². The molecule has 2 N–H and O–H groups in total. The van der Waals surface area contributed by atoms with Crippen molar-refractivity contribution in [2.24, 2.45) is 0 Å². The highest BCUT2D eigenvalue weighted by Crippen LogP contribution is 2.27. The van der Waals surface area contributed by atoms with Crippen LogP contribution in [0.1, 0.15) is 20.8 Å². The van der Waals surface area contributed by atoms with Crippen molar-refractivity contribution in [3.05, 3.63) is 18.2 Å². The second-order valence-corrected chi connectivity index (χ2v) is 3.93. The summed E-state index contributed by atoms with van der Waals surface area (Å²) in [5.41, 5.74) is 7.67. The van der Waals surface area contributed by atoms with Gasteiger partial charge in [0, 0.05) is 31.5 Å². The summed E-state index contributed by atoms with van der Waals surface area (Å²) in [6.45, 7) is 10.0. The first-order valence-corrected chi connectivity index (χ1v) is 6.57. The zero-order chi connectivity index (χ0) is 13.4. The Hall–Kier alpha value is -1.42. The topological polar surface area (TPSA) is 47.7 Å². The molecule has 0 atom stereocenters. The molecule has 0 heterocycles. The number of ether oxygens (including phenoxy) is 2. The van der Waals surface area contributed by atoms with Crippen LogP contribution >= 0.6 is 0 Å². The minimum Gasteiger partial charge on any atom is -0.492 e.